The van der Waals surface area contributed by atoms with E-state index in [1.165, 1.54) is 11.8 Å². The molecule has 29 heavy (non-hydrogen) atoms. The average molecular weight is 428 g/mol. The number of aryl methyl sites for hydroxylation is 1. The maximum atomic E-state index is 13.3. The van der Waals surface area contributed by atoms with E-state index in [2.05, 4.69) is 63.0 Å². The van der Waals surface area contributed by atoms with Crippen molar-refractivity contribution in [2.24, 2.45) is 7.05 Å². The average Bonchev–Trinajstić information content (AvgIpc) is 3.49. The summed E-state index contributed by atoms with van der Waals surface area (Å²) in [4.78, 5) is 22.4. The smallest absolute Gasteiger partial charge is 0.256 e. The Hall–Kier alpha value is -1.58. The number of hydrogen-bond acceptors (Lipinski definition) is 4. The van der Waals surface area contributed by atoms with Gasteiger partial charge in [0.15, 0.2) is 5.16 Å². The minimum absolute atomic E-state index is 0.0564. The summed E-state index contributed by atoms with van der Waals surface area (Å²) in [6.45, 7) is 13.9. The van der Waals surface area contributed by atoms with Gasteiger partial charge in [-0.1, -0.05) is 59.2 Å². The Morgan fingerprint density at radius 3 is 2.21 bits per heavy atom. The Labute approximate surface area is 179 Å². The highest BCUT2D eigenvalue weighted by atomic mass is 32.2. The Bertz CT molecular complexity index is 1020. The lowest BCUT2D eigenvalue weighted by atomic mass is 10.0. The van der Waals surface area contributed by atoms with E-state index in [1.807, 2.05) is 19.5 Å². The van der Waals surface area contributed by atoms with Crippen LogP contribution >= 0.6 is 11.8 Å². The first-order valence-electron chi connectivity index (χ1n) is 10.6. The lowest BCUT2D eigenvalue weighted by Crippen LogP contribution is -2.43. The minimum Gasteiger partial charge on any atom is -0.295 e. The summed E-state index contributed by atoms with van der Waals surface area (Å²) >= 11 is 1.49. The zero-order valence-electron chi connectivity index (χ0n) is 19.0. The van der Waals surface area contributed by atoms with Crippen molar-refractivity contribution < 1.29 is 0 Å². The van der Waals surface area contributed by atoms with Crippen molar-refractivity contribution in [3.8, 4) is 11.5 Å². The van der Waals surface area contributed by atoms with E-state index in [4.69, 9.17) is 0 Å². The number of nitrogens with zero attached hydrogens (tertiary/aromatic N) is 3. The van der Waals surface area contributed by atoms with Crippen molar-refractivity contribution in [1.82, 2.24) is 14.5 Å². The SMILES string of the molecule is CSc1ncc2c(C#C[Si](C(C)C)(C(C)C)C(C)C)c(C3CC3)c(=O)n(C)c2n1. The monoisotopic (exact) mass is 427 g/mol. The Kier molecular flexibility index (Phi) is 6.31. The highest BCUT2D eigenvalue weighted by molar-refractivity contribution is 7.98. The molecule has 2 heterocycles. The molecule has 2 aromatic heterocycles. The predicted octanol–water partition coefficient (Wildman–Crippen LogP) is 5.50. The van der Waals surface area contributed by atoms with Crippen LogP contribution in [0.5, 0.6) is 0 Å². The zero-order valence-corrected chi connectivity index (χ0v) is 20.8. The number of aromatic nitrogens is 3. The van der Waals surface area contributed by atoms with Gasteiger partial charge in [0, 0.05) is 24.4 Å². The maximum Gasteiger partial charge on any atom is 0.256 e. The van der Waals surface area contributed by atoms with Crippen LogP contribution in [-0.4, -0.2) is 28.9 Å². The van der Waals surface area contributed by atoms with Gasteiger partial charge >= 0.3 is 0 Å². The fraction of sp³-hybridized carbons (Fsp3) is 0.609. The molecule has 0 aromatic carbocycles. The second-order valence-electron chi connectivity index (χ2n) is 9.17. The second-order valence-corrected chi connectivity index (χ2v) is 15.5. The van der Waals surface area contributed by atoms with Gasteiger partial charge < -0.3 is 0 Å². The topological polar surface area (TPSA) is 47.8 Å². The molecule has 0 amide bonds. The Morgan fingerprint density at radius 1 is 1.14 bits per heavy atom. The summed E-state index contributed by atoms with van der Waals surface area (Å²) in [5.41, 5.74) is 7.99. The van der Waals surface area contributed by atoms with Gasteiger partial charge in [-0.05, 0) is 41.6 Å². The van der Waals surface area contributed by atoms with Crippen molar-refractivity contribution in [1.29, 1.82) is 0 Å². The fourth-order valence-corrected chi connectivity index (χ4v) is 10.4. The molecule has 0 radical (unpaired) electrons. The lowest BCUT2D eigenvalue weighted by Gasteiger charge is -2.38. The van der Waals surface area contributed by atoms with Gasteiger partial charge in [0.25, 0.3) is 5.56 Å². The van der Waals surface area contributed by atoms with E-state index in [-0.39, 0.29) is 5.56 Å². The summed E-state index contributed by atoms with van der Waals surface area (Å²) in [6, 6.07) is 0. The molecule has 1 aliphatic carbocycles. The molecule has 0 bridgehead atoms. The van der Waals surface area contributed by atoms with Crippen LogP contribution in [0.2, 0.25) is 16.6 Å². The van der Waals surface area contributed by atoms with E-state index in [9.17, 15) is 4.79 Å². The van der Waals surface area contributed by atoms with Crippen LogP contribution in [0.3, 0.4) is 0 Å². The molecule has 0 unspecified atom stereocenters. The number of pyridine rings is 1. The molecule has 1 fully saturated rings. The molecule has 0 aliphatic heterocycles. The summed E-state index contributed by atoms with van der Waals surface area (Å²) in [6.07, 6.45) is 5.96. The Morgan fingerprint density at radius 2 is 1.72 bits per heavy atom. The van der Waals surface area contributed by atoms with Gasteiger partial charge in [0.1, 0.15) is 13.7 Å². The van der Waals surface area contributed by atoms with E-state index >= 15 is 0 Å². The van der Waals surface area contributed by atoms with Gasteiger partial charge in [-0.3, -0.25) is 9.36 Å². The zero-order chi connectivity index (χ0) is 21.5. The number of hydrogen-bond donors (Lipinski definition) is 0. The Balaban J connectivity index is 2.35. The minimum atomic E-state index is -1.90. The summed E-state index contributed by atoms with van der Waals surface area (Å²) in [5.74, 6) is 3.91. The lowest BCUT2D eigenvalue weighted by molar-refractivity contribution is 0.834. The molecule has 4 nitrogen and oxygen atoms in total. The van der Waals surface area contributed by atoms with Crippen LogP contribution < -0.4 is 5.56 Å². The first-order chi connectivity index (χ1) is 13.6. The maximum absolute atomic E-state index is 13.3. The van der Waals surface area contributed by atoms with Crippen LogP contribution in [0.25, 0.3) is 11.0 Å². The van der Waals surface area contributed by atoms with E-state index in [1.54, 1.807) is 4.57 Å². The molecule has 156 valence electrons. The molecular formula is C23H33N3OSSi. The molecular weight excluding hydrogens is 394 g/mol. The highest BCUT2D eigenvalue weighted by Gasteiger charge is 2.42. The van der Waals surface area contributed by atoms with Crippen LogP contribution in [-0.2, 0) is 7.05 Å². The molecule has 2 aromatic rings. The summed E-state index contributed by atoms with van der Waals surface area (Å²) in [5, 5.41) is 1.60. The predicted molar refractivity (Wildman–Crippen MR) is 126 cm³/mol. The molecule has 0 N–H and O–H groups in total. The molecule has 6 heteroatoms. The van der Waals surface area contributed by atoms with Crippen molar-refractivity contribution in [2.75, 3.05) is 6.26 Å². The van der Waals surface area contributed by atoms with Gasteiger partial charge in [0.05, 0.1) is 5.39 Å². The van der Waals surface area contributed by atoms with Crippen molar-refractivity contribution >= 4 is 30.9 Å². The van der Waals surface area contributed by atoms with Crippen LogP contribution in [0, 0.1) is 11.5 Å². The van der Waals surface area contributed by atoms with Gasteiger partial charge in [0.2, 0.25) is 0 Å². The first-order valence-corrected chi connectivity index (χ1v) is 14.1. The van der Waals surface area contributed by atoms with Crippen LogP contribution in [0.4, 0.5) is 0 Å². The van der Waals surface area contributed by atoms with Gasteiger partial charge in [-0.2, -0.15) is 0 Å². The van der Waals surface area contributed by atoms with Crippen LogP contribution in [0.15, 0.2) is 16.1 Å². The van der Waals surface area contributed by atoms with Crippen molar-refractivity contribution in [2.45, 2.75) is 82.1 Å². The third-order valence-corrected chi connectivity index (χ3v) is 13.4. The number of thioether (sulfide) groups is 1. The molecule has 1 saturated carbocycles. The number of fused-ring (bicyclic) bond motifs is 1. The van der Waals surface area contributed by atoms with E-state index < -0.39 is 8.07 Å². The molecule has 3 rings (SSSR count). The second kappa shape index (κ2) is 8.27. The number of rotatable bonds is 5. The third kappa shape index (κ3) is 3.80. The van der Waals surface area contributed by atoms with Crippen LogP contribution in [0.1, 0.15) is 71.4 Å². The van der Waals surface area contributed by atoms with Crippen molar-refractivity contribution in [3.63, 3.8) is 0 Å². The molecule has 0 spiro atoms. The highest BCUT2D eigenvalue weighted by Crippen LogP contribution is 2.43. The van der Waals surface area contributed by atoms with E-state index in [0.717, 1.165) is 29.4 Å². The largest absolute Gasteiger partial charge is 0.295 e. The standard InChI is InChI=1S/C23H33N3OSSi/c1-14(2)29(15(3)4,16(5)6)12-11-18-19-13-24-23(28-8)25-21(19)26(7)22(27)20(18)17-9-10-17/h13-17H,9-10H2,1-8H3. The quantitative estimate of drug-likeness (QED) is 0.274. The molecule has 0 atom stereocenters. The first kappa shape index (κ1) is 22.1. The summed E-state index contributed by atoms with van der Waals surface area (Å²) in [7, 11) is -0.0790. The van der Waals surface area contributed by atoms with Gasteiger partial charge in [-0.15, -0.1) is 5.54 Å². The molecule has 1 aliphatic rings. The van der Waals surface area contributed by atoms with Gasteiger partial charge in [-0.25, -0.2) is 9.97 Å². The molecule has 0 saturated heterocycles. The summed E-state index contributed by atoms with van der Waals surface area (Å²) < 4.78 is 1.69. The van der Waals surface area contributed by atoms with E-state index in [0.29, 0.717) is 33.3 Å². The van der Waals surface area contributed by atoms with Crippen molar-refractivity contribution in [3.05, 3.63) is 27.7 Å². The fourth-order valence-electron chi connectivity index (χ4n) is 4.91. The third-order valence-electron chi connectivity index (χ3n) is 6.58. The normalized spacial score (nSPS) is 14.7.